The highest BCUT2D eigenvalue weighted by Gasteiger charge is 2.23. The lowest BCUT2D eigenvalue weighted by Crippen LogP contribution is -2.40. The van der Waals surface area contributed by atoms with Crippen molar-refractivity contribution in [1.29, 1.82) is 0 Å². The van der Waals surface area contributed by atoms with Crippen LogP contribution in [0.15, 0.2) is 0 Å². The SMILES string of the molecule is CCOC(CN)CC(=O)N[C@@H](C)C1CCCC1. The predicted molar refractivity (Wildman–Crippen MR) is 68.6 cm³/mol. The fourth-order valence-electron chi connectivity index (χ4n) is 2.54. The van der Waals surface area contributed by atoms with Crippen molar-refractivity contribution < 1.29 is 9.53 Å². The Kier molecular flexibility index (Phi) is 6.52. The van der Waals surface area contributed by atoms with E-state index in [9.17, 15) is 4.79 Å². The lowest BCUT2D eigenvalue weighted by Gasteiger charge is -2.22. The van der Waals surface area contributed by atoms with Crippen LogP contribution in [0.2, 0.25) is 0 Å². The summed E-state index contributed by atoms with van der Waals surface area (Å²) >= 11 is 0. The van der Waals surface area contributed by atoms with E-state index >= 15 is 0 Å². The molecule has 0 aliphatic heterocycles. The van der Waals surface area contributed by atoms with Gasteiger partial charge in [0.15, 0.2) is 0 Å². The maximum Gasteiger partial charge on any atom is 0.222 e. The molecule has 1 aliphatic carbocycles. The van der Waals surface area contributed by atoms with Gasteiger partial charge >= 0.3 is 0 Å². The standard InChI is InChI=1S/C13H26N2O2/c1-3-17-12(9-14)8-13(16)15-10(2)11-6-4-5-7-11/h10-12H,3-9,14H2,1-2H3,(H,15,16)/t10-,12?/m0/s1. The first-order valence-corrected chi connectivity index (χ1v) is 6.78. The van der Waals surface area contributed by atoms with Crippen molar-refractivity contribution >= 4 is 5.91 Å². The quantitative estimate of drug-likeness (QED) is 0.710. The molecule has 0 saturated heterocycles. The number of hydrogen-bond acceptors (Lipinski definition) is 3. The Morgan fingerprint density at radius 3 is 2.65 bits per heavy atom. The smallest absolute Gasteiger partial charge is 0.222 e. The van der Waals surface area contributed by atoms with E-state index in [0.717, 1.165) is 0 Å². The van der Waals surface area contributed by atoms with E-state index in [-0.39, 0.29) is 18.1 Å². The number of carbonyl (C=O) groups is 1. The lowest BCUT2D eigenvalue weighted by molar-refractivity contribution is -0.124. The summed E-state index contributed by atoms with van der Waals surface area (Å²) in [6.45, 7) is 5.03. The fourth-order valence-corrected chi connectivity index (χ4v) is 2.54. The highest BCUT2D eigenvalue weighted by Crippen LogP contribution is 2.27. The van der Waals surface area contributed by atoms with Gasteiger partial charge in [0.05, 0.1) is 12.5 Å². The highest BCUT2D eigenvalue weighted by molar-refractivity contribution is 5.76. The summed E-state index contributed by atoms with van der Waals surface area (Å²) in [5.74, 6) is 0.718. The third-order valence-corrected chi connectivity index (χ3v) is 3.57. The van der Waals surface area contributed by atoms with Gasteiger partial charge < -0.3 is 15.8 Å². The molecule has 1 amide bonds. The zero-order chi connectivity index (χ0) is 12.7. The summed E-state index contributed by atoms with van der Waals surface area (Å²) < 4.78 is 5.38. The zero-order valence-electron chi connectivity index (χ0n) is 11.1. The van der Waals surface area contributed by atoms with Crippen LogP contribution in [0.5, 0.6) is 0 Å². The van der Waals surface area contributed by atoms with Crippen molar-refractivity contribution in [3.8, 4) is 0 Å². The summed E-state index contributed by atoms with van der Waals surface area (Å²) in [6.07, 6.45) is 5.32. The molecule has 2 atom stereocenters. The molecule has 1 rings (SSSR count). The van der Waals surface area contributed by atoms with Crippen LogP contribution in [0.25, 0.3) is 0 Å². The molecule has 1 unspecified atom stereocenters. The zero-order valence-corrected chi connectivity index (χ0v) is 11.1. The highest BCUT2D eigenvalue weighted by atomic mass is 16.5. The molecule has 3 N–H and O–H groups in total. The van der Waals surface area contributed by atoms with Crippen LogP contribution in [0.3, 0.4) is 0 Å². The number of nitrogens with two attached hydrogens (primary N) is 1. The van der Waals surface area contributed by atoms with Crippen LogP contribution in [0.4, 0.5) is 0 Å². The van der Waals surface area contributed by atoms with Crippen molar-refractivity contribution in [2.75, 3.05) is 13.2 Å². The Morgan fingerprint density at radius 2 is 2.12 bits per heavy atom. The van der Waals surface area contributed by atoms with Crippen molar-refractivity contribution in [2.24, 2.45) is 11.7 Å². The molecule has 0 aromatic carbocycles. The van der Waals surface area contributed by atoms with Gasteiger partial charge in [-0.1, -0.05) is 12.8 Å². The summed E-state index contributed by atoms with van der Waals surface area (Å²) in [6, 6.07) is 0.282. The Labute approximate surface area is 104 Å². The van der Waals surface area contributed by atoms with Gasteiger partial charge in [0, 0.05) is 19.2 Å². The number of nitrogens with one attached hydrogen (secondary N) is 1. The Hall–Kier alpha value is -0.610. The summed E-state index contributed by atoms with van der Waals surface area (Å²) in [5, 5.41) is 3.07. The van der Waals surface area contributed by atoms with E-state index < -0.39 is 0 Å². The van der Waals surface area contributed by atoms with Gasteiger partial charge in [0.2, 0.25) is 5.91 Å². The molecular weight excluding hydrogens is 216 g/mol. The minimum atomic E-state index is -0.143. The summed E-state index contributed by atoms with van der Waals surface area (Å²) in [5.41, 5.74) is 5.56. The first-order valence-electron chi connectivity index (χ1n) is 6.78. The van der Waals surface area contributed by atoms with Crippen molar-refractivity contribution in [1.82, 2.24) is 5.32 Å². The molecular formula is C13H26N2O2. The molecule has 0 bridgehead atoms. The Bertz CT molecular complexity index is 227. The van der Waals surface area contributed by atoms with E-state index in [1.807, 2.05) is 6.92 Å². The normalized spacial score (nSPS) is 20.2. The summed E-state index contributed by atoms with van der Waals surface area (Å²) in [7, 11) is 0. The van der Waals surface area contributed by atoms with Gasteiger partial charge in [-0.3, -0.25) is 4.79 Å². The monoisotopic (exact) mass is 242 g/mol. The summed E-state index contributed by atoms with van der Waals surface area (Å²) in [4.78, 5) is 11.8. The predicted octanol–water partition coefficient (Wildman–Crippen LogP) is 1.44. The van der Waals surface area contributed by atoms with Gasteiger partial charge in [-0.15, -0.1) is 0 Å². The minimum Gasteiger partial charge on any atom is -0.377 e. The third kappa shape index (κ3) is 5.04. The molecule has 0 radical (unpaired) electrons. The average Bonchev–Trinajstić information content (AvgIpc) is 2.81. The first kappa shape index (κ1) is 14.5. The van der Waals surface area contributed by atoms with Crippen molar-refractivity contribution in [3.63, 3.8) is 0 Å². The fraction of sp³-hybridized carbons (Fsp3) is 0.923. The second-order valence-electron chi connectivity index (χ2n) is 4.92. The largest absolute Gasteiger partial charge is 0.377 e. The topological polar surface area (TPSA) is 64.3 Å². The molecule has 4 heteroatoms. The molecule has 1 fully saturated rings. The van der Waals surface area contributed by atoms with Crippen LogP contribution in [0, 0.1) is 5.92 Å². The van der Waals surface area contributed by atoms with Crippen LogP contribution in [-0.2, 0) is 9.53 Å². The molecule has 0 heterocycles. The second kappa shape index (κ2) is 7.67. The van der Waals surface area contributed by atoms with Gasteiger partial charge in [0.25, 0.3) is 0 Å². The molecule has 17 heavy (non-hydrogen) atoms. The van der Waals surface area contributed by atoms with E-state index in [2.05, 4.69) is 12.2 Å². The van der Waals surface area contributed by atoms with Crippen molar-refractivity contribution in [2.45, 2.75) is 58.1 Å². The van der Waals surface area contributed by atoms with Gasteiger partial charge in [-0.2, -0.15) is 0 Å². The molecule has 0 aromatic heterocycles. The van der Waals surface area contributed by atoms with Gasteiger partial charge in [-0.05, 0) is 32.6 Å². The molecule has 4 nitrogen and oxygen atoms in total. The third-order valence-electron chi connectivity index (χ3n) is 3.57. The van der Waals surface area contributed by atoms with Crippen LogP contribution in [-0.4, -0.2) is 31.2 Å². The maximum atomic E-state index is 11.8. The maximum absolute atomic E-state index is 11.8. The molecule has 0 aromatic rings. The van der Waals surface area contributed by atoms with Crippen LogP contribution < -0.4 is 11.1 Å². The minimum absolute atomic E-state index is 0.0632. The molecule has 0 spiro atoms. The molecule has 1 saturated carbocycles. The van der Waals surface area contributed by atoms with Crippen molar-refractivity contribution in [3.05, 3.63) is 0 Å². The number of ether oxygens (including phenoxy) is 1. The lowest BCUT2D eigenvalue weighted by atomic mass is 9.99. The second-order valence-corrected chi connectivity index (χ2v) is 4.92. The average molecular weight is 242 g/mol. The number of hydrogen-bond donors (Lipinski definition) is 2. The van der Waals surface area contributed by atoms with E-state index in [0.29, 0.717) is 25.5 Å². The molecule has 1 aliphatic rings. The van der Waals surface area contributed by atoms with Gasteiger partial charge in [0.1, 0.15) is 0 Å². The number of rotatable bonds is 7. The number of amides is 1. The Balaban J connectivity index is 2.27. The van der Waals surface area contributed by atoms with E-state index in [1.54, 1.807) is 0 Å². The van der Waals surface area contributed by atoms with Crippen LogP contribution >= 0.6 is 0 Å². The molecule has 100 valence electrons. The number of carbonyl (C=O) groups excluding carboxylic acids is 1. The van der Waals surface area contributed by atoms with E-state index in [1.165, 1.54) is 25.7 Å². The first-order chi connectivity index (χ1) is 8.17. The Morgan fingerprint density at radius 1 is 1.47 bits per heavy atom. The van der Waals surface area contributed by atoms with E-state index in [4.69, 9.17) is 10.5 Å². The van der Waals surface area contributed by atoms with Crippen LogP contribution in [0.1, 0.15) is 46.0 Å². The van der Waals surface area contributed by atoms with Gasteiger partial charge in [-0.25, -0.2) is 0 Å².